The second kappa shape index (κ2) is 14.2. The topological polar surface area (TPSA) is 72.5 Å². The number of carbonyl (C=O) groups is 1. The van der Waals surface area contributed by atoms with Crippen molar-refractivity contribution in [3.05, 3.63) is 29.8 Å². The van der Waals surface area contributed by atoms with E-state index in [0.29, 0.717) is 37.9 Å². The van der Waals surface area contributed by atoms with E-state index in [2.05, 4.69) is 4.74 Å². The summed E-state index contributed by atoms with van der Waals surface area (Å²) in [5, 5.41) is 0. The van der Waals surface area contributed by atoms with Crippen molar-refractivity contribution in [3.8, 4) is 11.5 Å². The van der Waals surface area contributed by atoms with Crippen molar-refractivity contribution in [2.45, 2.75) is 39.7 Å². The molecule has 0 unspecified atom stereocenters. The molecule has 0 N–H and O–H groups in total. The Morgan fingerprint density at radius 2 is 1.62 bits per heavy atom. The van der Waals surface area contributed by atoms with Gasteiger partial charge < -0.3 is 27.5 Å². The Morgan fingerprint density at radius 3 is 2.17 bits per heavy atom. The minimum atomic E-state index is -2.61. The summed E-state index contributed by atoms with van der Waals surface area (Å²) in [5.41, 5.74) is 0.821. The van der Waals surface area contributed by atoms with E-state index in [1.807, 2.05) is 39.0 Å². The molecular weight excluding hydrogens is 392 g/mol. The highest BCUT2D eigenvalue weighted by Gasteiger charge is 2.39. The van der Waals surface area contributed by atoms with Crippen molar-refractivity contribution in [2.75, 3.05) is 40.6 Å². The van der Waals surface area contributed by atoms with Gasteiger partial charge in [0.2, 0.25) is 0 Å². The van der Waals surface area contributed by atoms with Gasteiger partial charge in [0, 0.05) is 31.9 Å². The first-order valence-electron chi connectivity index (χ1n) is 10.0. The van der Waals surface area contributed by atoms with Crippen molar-refractivity contribution in [2.24, 2.45) is 0 Å². The molecule has 0 radical (unpaired) electrons. The van der Waals surface area contributed by atoms with E-state index in [9.17, 15) is 4.79 Å². The highest BCUT2D eigenvalue weighted by atomic mass is 28.4. The minimum Gasteiger partial charge on any atom is -0.493 e. The molecule has 29 heavy (non-hydrogen) atoms. The monoisotopic (exact) mass is 426 g/mol. The molecule has 0 aliphatic heterocycles. The molecule has 0 aliphatic rings. The first kappa shape index (κ1) is 25.2. The Morgan fingerprint density at radius 1 is 0.966 bits per heavy atom. The maximum atomic E-state index is 11.3. The Balaban J connectivity index is 2.63. The SMILES string of the molecule is CCO[Si](CCCCOc1cc(/C=C/C(=O)OC)ccc1OC)(OCC)OCC. The van der Waals surface area contributed by atoms with Gasteiger partial charge in [-0.25, -0.2) is 4.79 Å². The van der Waals surface area contributed by atoms with Crippen LogP contribution in [0.2, 0.25) is 6.04 Å². The molecule has 164 valence electrons. The van der Waals surface area contributed by atoms with Crippen LogP contribution in [0.3, 0.4) is 0 Å². The van der Waals surface area contributed by atoms with Crippen LogP contribution >= 0.6 is 0 Å². The first-order chi connectivity index (χ1) is 14.0. The summed E-state index contributed by atoms with van der Waals surface area (Å²) < 4.78 is 33.5. The third-order valence-corrected chi connectivity index (χ3v) is 7.18. The van der Waals surface area contributed by atoms with Gasteiger partial charge in [-0.15, -0.1) is 0 Å². The van der Waals surface area contributed by atoms with Crippen LogP contribution < -0.4 is 9.47 Å². The van der Waals surface area contributed by atoms with E-state index in [4.69, 9.17) is 22.8 Å². The van der Waals surface area contributed by atoms with Gasteiger partial charge in [0.15, 0.2) is 11.5 Å². The van der Waals surface area contributed by atoms with Crippen LogP contribution in [0.25, 0.3) is 6.08 Å². The zero-order chi connectivity index (χ0) is 21.5. The molecule has 1 aromatic rings. The molecule has 0 atom stereocenters. The Hall–Kier alpha value is -1.87. The molecule has 7 nitrogen and oxygen atoms in total. The van der Waals surface area contributed by atoms with Crippen LogP contribution in [0.5, 0.6) is 11.5 Å². The number of hydrogen-bond acceptors (Lipinski definition) is 7. The summed E-state index contributed by atoms with van der Waals surface area (Å²) >= 11 is 0. The quantitative estimate of drug-likeness (QED) is 0.181. The Kier molecular flexibility index (Phi) is 12.3. The molecule has 1 aromatic carbocycles. The maximum absolute atomic E-state index is 11.3. The van der Waals surface area contributed by atoms with E-state index in [1.165, 1.54) is 13.2 Å². The number of unbranched alkanes of at least 4 members (excludes halogenated alkanes) is 1. The van der Waals surface area contributed by atoms with Crippen LogP contribution in [0.4, 0.5) is 0 Å². The van der Waals surface area contributed by atoms with Gasteiger partial charge in [-0.1, -0.05) is 6.07 Å². The minimum absolute atomic E-state index is 0.408. The van der Waals surface area contributed by atoms with Gasteiger partial charge in [-0.2, -0.15) is 0 Å². The second-order valence-electron chi connectivity index (χ2n) is 6.05. The van der Waals surface area contributed by atoms with Crippen molar-refractivity contribution in [1.29, 1.82) is 0 Å². The lowest BCUT2D eigenvalue weighted by molar-refractivity contribution is -0.134. The smallest absolute Gasteiger partial charge is 0.493 e. The third kappa shape index (κ3) is 8.99. The fourth-order valence-corrected chi connectivity index (χ4v) is 5.45. The van der Waals surface area contributed by atoms with Gasteiger partial charge in [0.1, 0.15) is 0 Å². The molecular formula is C21H34O7Si. The van der Waals surface area contributed by atoms with Crippen LogP contribution in [-0.4, -0.2) is 55.4 Å². The molecule has 0 aromatic heterocycles. The van der Waals surface area contributed by atoms with Gasteiger partial charge >= 0.3 is 14.8 Å². The number of methoxy groups -OCH3 is 2. The summed E-state index contributed by atoms with van der Waals surface area (Å²) in [4.78, 5) is 11.3. The predicted octanol–water partition coefficient (Wildman–Crippen LogP) is 4.09. The predicted molar refractivity (Wildman–Crippen MR) is 114 cm³/mol. The average molecular weight is 427 g/mol. The van der Waals surface area contributed by atoms with Crippen LogP contribution in [-0.2, 0) is 22.8 Å². The fraction of sp³-hybridized carbons (Fsp3) is 0.571. The Bertz CT molecular complexity index is 616. The summed E-state index contributed by atoms with van der Waals surface area (Å²) in [6.45, 7) is 8.11. The Labute approximate surface area is 175 Å². The second-order valence-corrected chi connectivity index (χ2v) is 8.79. The van der Waals surface area contributed by atoms with E-state index < -0.39 is 14.8 Å². The maximum Gasteiger partial charge on any atom is 0.500 e. The number of carbonyl (C=O) groups excluding carboxylic acids is 1. The highest BCUT2D eigenvalue weighted by Crippen LogP contribution is 2.29. The summed E-state index contributed by atoms with van der Waals surface area (Å²) in [5.74, 6) is 0.859. The lowest BCUT2D eigenvalue weighted by Crippen LogP contribution is -2.45. The average Bonchev–Trinajstić information content (AvgIpc) is 2.72. The van der Waals surface area contributed by atoms with E-state index in [1.54, 1.807) is 13.2 Å². The van der Waals surface area contributed by atoms with Crippen LogP contribution in [0.15, 0.2) is 24.3 Å². The molecule has 0 bridgehead atoms. The number of ether oxygens (including phenoxy) is 3. The largest absolute Gasteiger partial charge is 0.500 e. The van der Waals surface area contributed by atoms with Gasteiger partial charge in [0.25, 0.3) is 0 Å². The summed E-state index contributed by atoms with van der Waals surface area (Å²) in [6.07, 6.45) is 4.74. The summed E-state index contributed by atoms with van der Waals surface area (Å²) in [6, 6.07) is 6.24. The molecule has 0 spiro atoms. The molecule has 0 fully saturated rings. The normalized spacial score (nSPS) is 11.6. The molecule has 0 aliphatic carbocycles. The van der Waals surface area contributed by atoms with Crippen LogP contribution in [0.1, 0.15) is 39.2 Å². The molecule has 1 rings (SSSR count). The van der Waals surface area contributed by atoms with E-state index in [0.717, 1.165) is 24.4 Å². The van der Waals surface area contributed by atoms with Crippen LogP contribution in [0, 0.1) is 0 Å². The number of hydrogen-bond donors (Lipinski definition) is 0. The standard InChI is InChI=1S/C21H34O7Si/c1-6-26-29(27-7-2,28-8-3)16-10-9-15-25-20-17-18(11-13-19(20)23-4)12-14-21(22)24-5/h11-14,17H,6-10,15-16H2,1-5H3/b14-12+. The van der Waals surface area contributed by atoms with Gasteiger partial charge in [-0.05, 0) is 57.4 Å². The van der Waals surface area contributed by atoms with E-state index >= 15 is 0 Å². The van der Waals surface area contributed by atoms with E-state index in [-0.39, 0.29) is 0 Å². The van der Waals surface area contributed by atoms with Crippen molar-refractivity contribution >= 4 is 20.8 Å². The first-order valence-corrected chi connectivity index (χ1v) is 12.0. The van der Waals surface area contributed by atoms with Crippen molar-refractivity contribution in [3.63, 3.8) is 0 Å². The highest BCUT2D eigenvalue weighted by molar-refractivity contribution is 6.60. The summed E-state index contributed by atoms with van der Waals surface area (Å²) in [7, 11) is 0.328. The van der Waals surface area contributed by atoms with Crippen molar-refractivity contribution < 1.29 is 32.3 Å². The number of esters is 1. The fourth-order valence-electron chi connectivity index (χ4n) is 2.77. The van der Waals surface area contributed by atoms with Gasteiger partial charge in [0.05, 0.1) is 20.8 Å². The number of benzene rings is 1. The molecule has 0 amide bonds. The van der Waals surface area contributed by atoms with Crippen molar-refractivity contribution in [1.82, 2.24) is 0 Å². The lowest BCUT2D eigenvalue weighted by atomic mass is 10.2. The molecule has 0 saturated heterocycles. The lowest BCUT2D eigenvalue weighted by Gasteiger charge is -2.28. The molecule has 8 heteroatoms. The molecule has 0 heterocycles. The third-order valence-electron chi connectivity index (χ3n) is 4.03. The number of rotatable bonds is 15. The molecule has 0 saturated carbocycles. The zero-order valence-corrected chi connectivity index (χ0v) is 19.2. The zero-order valence-electron chi connectivity index (χ0n) is 18.2. The van der Waals surface area contributed by atoms with Gasteiger partial charge in [-0.3, -0.25) is 0 Å².